The van der Waals surface area contributed by atoms with E-state index >= 15 is 0 Å². The highest BCUT2D eigenvalue weighted by atomic mass is 16.4. The van der Waals surface area contributed by atoms with E-state index in [-0.39, 0.29) is 5.92 Å². The number of piperidine rings is 1. The second-order valence-corrected chi connectivity index (χ2v) is 4.33. The first-order valence-electron chi connectivity index (χ1n) is 5.71. The quantitative estimate of drug-likeness (QED) is 0.772. The van der Waals surface area contributed by atoms with Crippen molar-refractivity contribution in [2.24, 2.45) is 5.92 Å². The average molecular weight is 233 g/mol. The molecule has 2 rings (SSSR count). The molecule has 0 aliphatic carbocycles. The zero-order chi connectivity index (χ0) is 12.3. The Balaban J connectivity index is 2.28. The molecule has 4 heteroatoms. The number of carbonyl (C=O) groups is 2. The first kappa shape index (κ1) is 11.8. The lowest BCUT2D eigenvalue weighted by Crippen LogP contribution is -2.39. The van der Waals surface area contributed by atoms with Gasteiger partial charge in [-0.05, 0) is 30.5 Å². The van der Waals surface area contributed by atoms with E-state index in [0.717, 1.165) is 24.8 Å². The predicted molar refractivity (Wildman–Crippen MR) is 63.2 cm³/mol. The smallest absolute Gasteiger partial charge is 0.308 e. The van der Waals surface area contributed by atoms with Gasteiger partial charge < -0.3 is 10.4 Å². The van der Waals surface area contributed by atoms with Gasteiger partial charge in [-0.1, -0.05) is 18.2 Å². The van der Waals surface area contributed by atoms with Gasteiger partial charge >= 0.3 is 5.97 Å². The molecule has 0 amide bonds. The van der Waals surface area contributed by atoms with E-state index in [4.69, 9.17) is 0 Å². The second-order valence-electron chi connectivity index (χ2n) is 4.33. The molecular weight excluding hydrogens is 218 g/mol. The van der Waals surface area contributed by atoms with E-state index in [1.807, 2.05) is 6.07 Å². The Morgan fingerprint density at radius 3 is 3.00 bits per heavy atom. The Labute approximate surface area is 99.6 Å². The molecule has 1 saturated heterocycles. The minimum absolute atomic E-state index is 0.00588. The van der Waals surface area contributed by atoms with Crippen molar-refractivity contribution in [3.05, 3.63) is 35.4 Å². The number of carboxylic acid groups (broad SMARTS) is 1. The lowest BCUT2D eigenvalue weighted by Gasteiger charge is -2.29. The van der Waals surface area contributed by atoms with Crippen LogP contribution in [0.5, 0.6) is 0 Å². The first-order chi connectivity index (χ1) is 8.22. The van der Waals surface area contributed by atoms with Crippen LogP contribution in [-0.2, 0) is 4.79 Å². The Bertz CT molecular complexity index is 430. The fourth-order valence-corrected chi connectivity index (χ4v) is 2.38. The number of hydrogen-bond acceptors (Lipinski definition) is 3. The highest BCUT2D eigenvalue weighted by Crippen LogP contribution is 2.30. The molecule has 2 N–H and O–H groups in total. The molecule has 90 valence electrons. The fraction of sp³-hybridized carbons (Fsp3) is 0.385. The van der Waals surface area contributed by atoms with Crippen LogP contribution in [-0.4, -0.2) is 30.5 Å². The molecule has 1 fully saturated rings. The summed E-state index contributed by atoms with van der Waals surface area (Å²) in [6.45, 7) is 1.31. The van der Waals surface area contributed by atoms with Crippen molar-refractivity contribution in [3.8, 4) is 0 Å². The largest absolute Gasteiger partial charge is 0.481 e. The zero-order valence-electron chi connectivity index (χ0n) is 9.43. The third-order valence-corrected chi connectivity index (χ3v) is 3.27. The molecule has 17 heavy (non-hydrogen) atoms. The number of carbonyl (C=O) groups excluding carboxylic acids is 1. The van der Waals surface area contributed by atoms with E-state index in [0.29, 0.717) is 12.1 Å². The summed E-state index contributed by atoms with van der Waals surface area (Å²) in [7, 11) is 0. The highest BCUT2D eigenvalue weighted by molar-refractivity contribution is 5.76. The molecule has 1 aliphatic heterocycles. The highest BCUT2D eigenvalue weighted by Gasteiger charge is 2.31. The molecule has 0 radical (unpaired) electrons. The van der Waals surface area contributed by atoms with Crippen LogP contribution in [0.15, 0.2) is 24.3 Å². The summed E-state index contributed by atoms with van der Waals surface area (Å²) in [5, 5.41) is 12.3. The zero-order valence-corrected chi connectivity index (χ0v) is 9.43. The third-order valence-electron chi connectivity index (χ3n) is 3.27. The van der Waals surface area contributed by atoms with Gasteiger partial charge in [0.1, 0.15) is 6.29 Å². The molecule has 1 heterocycles. The van der Waals surface area contributed by atoms with Crippen molar-refractivity contribution >= 4 is 12.3 Å². The van der Waals surface area contributed by atoms with Crippen LogP contribution in [0.2, 0.25) is 0 Å². The lowest BCUT2D eigenvalue weighted by molar-refractivity contribution is -0.142. The Hall–Kier alpha value is -1.68. The Kier molecular flexibility index (Phi) is 3.54. The molecule has 1 aromatic carbocycles. The average Bonchev–Trinajstić information content (AvgIpc) is 2.39. The van der Waals surface area contributed by atoms with Crippen molar-refractivity contribution in [1.29, 1.82) is 0 Å². The molecule has 1 aromatic rings. The third kappa shape index (κ3) is 2.53. The van der Waals surface area contributed by atoms with Crippen molar-refractivity contribution in [1.82, 2.24) is 5.32 Å². The predicted octanol–water partition coefficient (Wildman–Crippen LogP) is 1.28. The van der Waals surface area contributed by atoms with Gasteiger partial charge in [0.15, 0.2) is 0 Å². The molecule has 2 unspecified atom stereocenters. The Morgan fingerprint density at radius 1 is 1.47 bits per heavy atom. The number of carboxylic acids is 1. The topological polar surface area (TPSA) is 66.4 Å². The number of benzene rings is 1. The molecular formula is C13H15NO3. The maximum absolute atomic E-state index is 11.2. The minimum atomic E-state index is -0.779. The monoisotopic (exact) mass is 233 g/mol. The van der Waals surface area contributed by atoms with Gasteiger partial charge in [0.05, 0.1) is 5.92 Å². The van der Waals surface area contributed by atoms with E-state index in [2.05, 4.69) is 5.32 Å². The second kappa shape index (κ2) is 5.10. The van der Waals surface area contributed by atoms with Crippen LogP contribution in [0.3, 0.4) is 0 Å². The first-order valence-corrected chi connectivity index (χ1v) is 5.71. The SMILES string of the molecule is O=Cc1cccc(C2CCNCC2C(=O)O)c1. The van der Waals surface area contributed by atoms with Gasteiger partial charge in [0.25, 0.3) is 0 Å². The number of aliphatic carboxylic acids is 1. The number of hydrogen-bond donors (Lipinski definition) is 2. The van der Waals surface area contributed by atoms with Crippen LogP contribution in [0.4, 0.5) is 0 Å². The van der Waals surface area contributed by atoms with Crippen LogP contribution in [0, 0.1) is 5.92 Å². The Morgan fingerprint density at radius 2 is 2.29 bits per heavy atom. The normalized spacial score (nSPS) is 24.2. The maximum Gasteiger partial charge on any atom is 0.308 e. The van der Waals surface area contributed by atoms with Gasteiger partial charge in [-0.3, -0.25) is 9.59 Å². The van der Waals surface area contributed by atoms with Gasteiger partial charge in [0.2, 0.25) is 0 Å². The van der Waals surface area contributed by atoms with Gasteiger partial charge in [-0.25, -0.2) is 0 Å². The fourth-order valence-electron chi connectivity index (χ4n) is 2.38. The summed E-state index contributed by atoms with van der Waals surface area (Å²) < 4.78 is 0. The van der Waals surface area contributed by atoms with E-state index < -0.39 is 11.9 Å². The maximum atomic E-state index is 11.2. The summed E-state index contributed by atoms with van der Waals surface area (Å²) >= 11 is 0. The van der Waals surface area contributed by atoms with Crippen molar-refractivity contribution in [3.63, 3.8) is 0 Å². The summed E-state index contributed by atoms with van der Waals surface area (Å²) in [6.07, 6.45) is 1.58. The van der Waals surface area contributed by atoms with E-state index in [1.54, 1.807) is 18.2 Å². The number of aldehydes is 1. The lowest BCUT2D eigenvalue weighted by atomic mass is 9.81. The summed E-state index contributed by atoms with van der Waals surface area (Å²) in [6, 6.07) is 7.23. The van der Waals surface area contributed by atoms with E-state index in [1.165, 1.54) is 0 Å². The van der Waals surface area contributed by atoms with Crippen molar-refractivity contribution in [2.75, 3.05) is 13.1 Å². The molecule has 4 nitrogen and oxygen atoms in total. The van der Waals surface area contributed by atoms with Gasteiger partial charge in [0, 0.05) is 12.1 Å². The summed E-state index contributed by atoms with van der Waals surface area (Å²) in [4.78, 5) is 21.9. The molecule has 0 aromatic heterocycles. The summed E-state index contributed by atoms with van der Waals surface area (Å²) in [5.74, 6) is -1.20. The molecule has 2 atom stereocenters. The molecule has 0 bridgehead atoms. The number of rotatable bonds is 3. The number of nitrogens with one attached hydrogen (secondary N) is 1. The van der Waals surface area contributed by atoms with Crippen molar-refractivity contribution in [2.45, 2.75) is 12.3 Å². The van der Waals surface area contributed by atoms with Gasteiger partial charge in [-0.15, -0.1) is 0 Å². The van der Waals surface area contributed by atoms with Crippen LogP contribution >= 0.6 is 0 Å². The molecule has 0 spiro atoms. The summed E-state index contributed by atoms with van der Waals surface area (Å²) in [5.41, 5.74) is 1.55. The van der Waals surface area contributed by atoms with Crippen LogP contribution in [0.25, 0.3) is 0 Å². The van der Waals surface area contributed by atoms with E-state index in [9.17, 15) is 14.7 Å². The standard InChI is InChI=1S/C13H15NO3/c15-8-9-2-1-3-10(6-9)11-4-5-14-7-12(11)13(16)17/h1-3,6,8,11-12,14H,4-5,7H2,(H,16,17). The van der Waals surface area contributed by atoms with Crippen LogP contribution < -0.4 is 5.32 Å². The van der Waals surface area contributed by atoms with Crippen molar-refractivity contribution < 1.29 is 14.7 Å². The van der Waals surface area contributed by atoms with Crippen LogP contribution in [0.1, 0.15) is 28.3 Å². The molecule has 0 saturated carbocycles. The molecule has 1 aliphatic rings. The minimum Gasteiger partial charge on any atom is -0.481 e. The van der Waals surface area contributed by atoms with Gasteiger partial charge in [-0.2, -0.15) is 0 Å².